The second kappa shape index (κ2) is 9.45. The molecule has 0 aliphatic rings. The van der Waals surface area contributed by atoms with Crippen LogP contribution in [0.25, 0.3) is 10.8 Å². The molecule has 0 saturated heterocycles. The number of nitro groups is 1. The van der Waals surface area contributed by atoms with Crippen LogP contribution in [0, 0.1) is 17.0 Å². The first kappa shape index (κ1) is 22.5. The Balaban J connectivity index is 1.68. The van der Waals surface area contributed by atoms with Crippen LogP contribution in [-0.4, -0.2) is 26.3 Å². The van der Waals surface area contributed by atoms with Crippen molar-refractivity contribution in [3.63, 3.8) is 0 Å². The summed E-state index contributed by atoms with van der Waals surface area (Å²) in [6, 6.07) is 20.8. The fraction of sp³-hybridized carbons (Fsp3) is 0.120. The fourth-order valence-electron chi connectivity index (χ4n) is 3.55. The SMILES string of the molecule is C/C(=N\NC(=O)c1nn(Cc2ccccc2)c(=O)c2ccccc12)c1ccc(C)c([N+](=O)[O-])c1. The maximum Gasteiger partial charge on any atom is 0.292 e. The van der Waals surface area contributed by atoms with Crippen LogP contribution in [0.15, 0.2) is 82.7 Å². The Morgan fingerprint density at radius 3 is 2.44 bits per heavy atom. The zero-order chi connectivity index (χ0) is 24.2. The number of fused-ring (bicyclic) bond motifs is 1. The van der Waals surface area contributed by atoms with E-state index in [1.165, 1.54) is 10.7 Å². The summed E-state index contributed by atoms with van der Waals surface area (Å²) in [5.74, 6) is -0.598. The third kappa shape index (κ3) is 4.58. The lowest BCUT2D eigenvalue weighted by atomic mass is 10.1. The summed E-state index contributed by atoms with van der Waals surface area (Å²) >= 11 is 0. The first-order valence-electron chi connectivity index (χ1n) is 10.5. The molecule has 9 nitrogen and oxygen atoms in total. The highest BCUT2D eigenvalue weighted by Gasteiger charge is 2.17. The van der Waals surface area contributed by atoms with Gasteiger partial charge in [0.25, 0.3) is 17.2 Å². The van der Waals surface area contributed by atoms with Crippen LogP contribution in [0.5, 0.6) is 0 Å². The minimum atomic E-state index is -0.598. The topological polar surface area (TPSA) is 119 Å². The Hall–Kier alpha value is -4.66. The Labute approximate surface area is 194 Å². The number of rotatable bonds is 6. The predicted octanol–water partition coefficient (Wildman–Crippen LogP) is 3.82. The van der Waals surface area contributed by atoms with E-state index in [2.05, 4.69) is 15.6 Å². The van der Waals surface area contributed by atoms with Crippen LogP contribution < -0.4 is 11.0 Å². The van der Waals surface area contributed by atoms with Crippen LogP contribution in [0.4, 0.5) is 5.69 Å². The number of nitro benzene ring substituents is 1. The fourth-order valence-corrected chi connectivity index (χ4v) is 3.55. The summed E-state index contributed by atoms with van der Waals surface area (Å²) in [6.45, 7) is 3.49. The number of amides is 1. The van der Waals surface area contributed by atoms with Gasteiger partial charge < -0.3 is 0 Å². The standard InChI is InChI=1S/C25H21N5O4/c1-16-12-13-19(14-22(16)30(33)34)17(2)26-27-24(31)23-20-10-6-7-11-21(20)25(32)29(28-23)15-18-8-4-3-5-9-18/h3-14H,15H2,1-2H3,(H,27,31)/b26-17+. The van der Waals surface area contributed by atoms with Crippen LogP contribution in [0.1, 0.15) is 34.1 Å². The monoisotopic (exact) mass is 455 g/mol. The van der Waals surface area contributed by atoms with Gasteiger partial charge in [0.1, 0.15) is 0 Å². The average molecular weight is 455 g/mol. The van der Waals surface area contributed by atoms with E-state index in [9.17, 15) is 19.7 Å². The molecular formula is C25H21N5O4. The first-order valence-corrected chi connectivity index (χ1v) is 10.5. The molecule has 1 heterocycles. The minimum Gasteiger partial charge on any atom is -0.267 e. The molecule has 0 aliphatic carbocycles. The molecule has 0 fully saturated rings. The number of hydrogen-bond acceptors (Lipinski definition) is 6. The summed E-state index contributed by atoms with van der Waals surface area (Å²) in [7, 11) is 0. The highest BCUT2D eigenvalue weighted by Crippen LogP contribution is 2.20. The molecule has 1 N–H and O–H groups in total. The van der Waals surface area contributed by atoms with Gasteiger partial charge in [-0.25, -0.2) is 10.1 Å². The Bertz CT molecular complexity index is 1490. The molecule has 4 rings (SSSR count). The quantitative estimate of drug-likeness (QED) is 0.269. The molecule has 0 aliphatic heterocycles. The van der Waals surface area contributed by atoms with E-state index in [1.54, 1.807) is 50.2 Å². The lowest BCUT2D eigenvalue weighted by molar-refractivity contribution is -0.385. The van der Waals surface area contributed by atoms with Crippen molar-refractivity contribution in [3.8, 4) is 0 Å². The molecule has 170 valence electrons. The number of hydrogen-bond donors (Lipinski definition) is 1. The number of nitrogens with zero attached hydrogens (tertiary/aromatic N) is 4. The summed E-state index contributed by atoms with van der Waals surface area (Å²) < 4.78 is 1.26. The third-order valence-electron chi connectivity index (χ3n) is 5.41. The van der Waals surface area contributed by atoms with E-state index < -0.39 is 10.8 Å². The van der Waals surface area contributed by atoms with E-state index in [-0.39, 0.29) is 23.5 Å². The molecule has 0 spiro atoms. The van der Waals surface area contributed by atoms with Gasteiger partial charge in [-0.1, -0.05) is 60.7 Å². The van der Waals surface area contributed by atoms with Gasteiger partial charge in [0, 0.05) is 22.6 Å². The second-order valence-electron chi connectivity index (χ2n) is 7.74. The maximum absolute atomic E-state index is 13.0. The molecule has 0 unspecified atom stereocenters. The molecule has 0 atom stereocenters. The lowest BCUT2D eigenvalue weighted by Crippen LogP contribution is -2.29. The largest absolute Gasteiger partial charge is 0.292 e. The number of carbonyl (C=O) groups is 1. The van der Waals surface area contributed by atoms with Crippen molar-refractivity contribution in [1.29, 1.82) is 0 Å². The predicted molar refractivity (Wildman–Crippen MR) is 129 cm³/mol. The minimum absolute atomic E-state index is 0.0287. The molecule has 0 radical (unpaired) electrons. The van der Waals surface area contributed by atoms with Crippen molar-refractivity contribution in [1.82, 2.24) is 15.2 Å². The lowest BCUT2D eigenvalue weighted by Gasteiger charge is -2.10. The third-order valence-corrected chi connectivity index (χ3v) is 5.41. The number of benzene rings is 3. The molecule has 4 aromatic rings. The van der Waals surface area contributed by atoms with Gasteiger partial charge >= 0.3 is 0 Å². The van der Waals surface area contributed by atoms with Gasteiger partial charge in [-0.15, -0.1) is 0 Å². The van der Waals surface area contributed by atoms with Gasteiger partial charge in [-0.05, 0) is 25.5 Å². The van der Waals surface area contributed by atoms with E-state index in [0.29, 0.717) is 27.6 Å². The zero-order valence-electron chi connectivity index (χ0n) is 18.6. The smallest absolute Gasteiger partial charge is 0.267 e. The van der Waals surface area contributed by atoms with Crippen LogP contribution in [-0.2, 0) is 6.54 Å². The van der Waals surface area contributed by atoms with Crippen molar-refractivity contribution < 1.29 is 9.72 Å². The van der Waals surface area contributed by atoms with E-state index in [0.717, 1.165) is 5.56 Å². The van der Waals surface area contributed by atoms with Crippen molar-refractivity contribution >= 4 is 28.1 Å². The Kier molecular flexibility index (Phi) is 6.26. The van der Waals surface area contributed by atoms with Gasteiger partial charge in [0.15, 0.2) is 5.69 Å². The van der Waals surface area contributed by atoms with Crippen LogP contribution >= 0.6 is 0 Å². The molecule has 1 amide bonds. The second-order valence-corrected chi connectivity index (χ2v) is 7.74. The van der Waals surface area contributed by atoms with E-state index in [1.807, 2.05) is 30.3 Å². The van der Waals surface area contributed by atoms with Crippen molar-refractivity contribution in [2.45, 2.75) is 20.4 Å². The molecule has 3 aromatic carbocycles. The van der Waals surface area contributed by atoms with Gasteiger partial charge in [-0.2, -0.15) is 10.2 Å². The number of hydrazone groups is 1. The summed E-state index contributed by atoms with van der Waals surface area (Å²) in [6.07, 6.45) is 0. The van der Waals surface area contributed by atoms with E-state index >= 15 is 0 Å². The van der Waals surface area contributed by atoms with E-state index in [4.69, 9.17) is 0 Å². The maximum atomic E-state index is 13.0. The van der Waals surface area contributed by atoms with Crippen molar-refractivity contribution in [3.05, 3.63) is 116 Å². The van der Waals surface area contributed by atoms with Crippen molar-refractivity contribution in [2.75, 3.05) is 0 Å². The highest BCUT2D eigenvalue weighted by atomic mass is 16.6. The number of nitrogens with one attached hydrogen (secondary N) is 1. The molecule has 9 heteroatoms. The highest BCUT2D eigenvalue weighted by molar-refractivity contribution is 6.06. The first-order chi connectivity index (χ1) is 16.3. The molecular weight excluding hydrogens is 434 g/mol. The summed E-state index contributed by atoms with van der Waals surface area (Å²) in [5, 5.41) is 20.4. The Morgan fingerprint density at radius 2 is 1.74 bits per heavy atom. The zero-order valence-corrected chi connectivity index (χ0v) is 18.6. The molecule has 1 aromatic heterocycles. The molecule has 34 heavy (non-hydrogen) atoms. The van der Waals surface area contributed by atoms with Gasteiger partial charge in [0.05, 0.1) is 22.6 Å². The molecule has 0 saturated carbocycles. The number of aryl methyl sites for hydroxylation is 1. The van der Waals surface area contributed by atoms with Crippen LogP contribution in [0.3, 0.4) is 0 Å². The van der Waals surface area contributed by atoms with Gasteiger partial charge in [-0.3, -0.25) is 19.7 Å². The van der Waals surface area contributed by atoms with Gasteiger partial charge in [0.2, 0.25) is 0 Å². The summed E-state index contributed by atoms with van der Waals surface area (Å²) in [5.41, 5.74) is 4.48. The normalized spacial score (nSPS) is 11.4. The summed E-state index contributed by atoms with van der Waals surface area (Å²) in [4.78, 5) is 36.8. The van der Waals surface area contributed by atoms with Crippen LogP contribution in [0.2, 0.25) is 0 Å². The number of aromatic nitrogens is 2. The average Bonchev–Trinajstić information content (AvgIpc) is 2.85. The Morgan fingerprint density at radius 1 is 1.06 bits per heavy atom. The molecule has 0 bridgehead atoms. The van der Waals surface area contributed by atoms with Crippen molar-refractivity contribution in [2.24, 2.45) is 5.10 Å². The number of carbonyl (C=O) groups excluding carboxylic acids is 1.